The molecule has 13 heteroatoms. The van der Waals surface area contributed by atoms with Crippen molar-refractivity contribution >= 4 is 23.4 Å². The number of esters is 1. The molecular weight excluding hydrogens is 722 g/mol. The second-order valence-corrected chi connectivity index (χ2v) is 17.2. The predicted octanol–water partition coefficient (Wildman–Crippen LogP) is 4.47. The Morgan fingerprint density at radius 2 is 1.57 bits per heavy atom. The van der Waals surface area contributed by atoms with Gasteiger partial charge >= 0.3 is 5.97 Å². The molecule has 318 valence electrons. The summed E-state index contributed by atoms with van der Waals surface area (Å²) in [6, 6.07) is -1.13. The molecule has 3 N–H and O–H groups in total. The first kappa shape index (κ1) is 46.2. The first-order valence-electron chi connectivity index (χ1n) is 20.8. The molecule has 0 unspecified atom stereocenters. The van der Waals surface area contributed by atoms with Crippen molar-refractivity contribution in [1.29, 1.82) is 0 Å². The van der Waals surface area contributed by atoms with Crippen LogP contribution in [0.25, 0.3) is 0 Å². The number of piperidine rings is 1. The zero-order valence-corrected chi connectivity index (χ0v) is 35.1. The Kier molecular flexibility index (Phi) is 16.9. The number of ketones is 2. The maximum Gasteiger partial charge on any atom is 0.329 e. The fraction of sp³-hybridized carbons (Fsp3) is 0.814. The molecule has 13 nitrogen and oxygen atoms in total. The molecule has 56 heavy (non-hydrogen) atoms. The quantitative estimate of drug-likeness (QED) is 0.196. The van der Waals surface area contributed by atoms with E-state index in [0.29, 0.717) is 56.9 Å². The van der Waals surface area contributed by atoms with Crippen LogP contribution in [0, 0.1) is 29.6 Å². The van der Waals surface area contributed by atoms with Crippen molar-refractivity contribution in [2.24, 2.45) is 29.6 Å². The van der Waals surface area contributed by atoms with Gasteiger partial charge in [-0.25, -0.2) is 4.79 Å². The van der Waals surface area contributed by atoms with Gasteiger partial charge in [-0.15, -0.1) is 0 Å². The van der Waals surface area contributed by atoms with Crippen molar-refractivity contribution in [3.63, 3.8) is 0 Å². The Morgan fingerprint density at radius 3 is 2.21 bits per heavy atom. The molecule has 2 saturated heterocycles. The number of Topliss-reactive ketones (excluding diaryl/α,β-unsaturated/α-hetero) is 2. The van der Waals surface area contributed by atoms with Crippen LogP contribution in [0.4, 0.5) is 0 Å². The summed E-state index contributed by atoms with van der Waals surface area (Å²) in [5, 5.41) is 34.1. The normalized spacial score (nSPS) is 40.6. The lowest BCUT2D eigenvalue weighted by Crippen LogP contribution is -2.64. The van der Waals surface area contributed by atoms with Gasteiger partial charge < -0.3 is 43.9 Å². The number of fused-ring (bicyclic) bond motifs is 3. The number of aliphatic hydroxyl groups excluding tert-OH is 2. The minimum atomic E-state index is -2.50. The largest absolute Gasteiger partial charge is 0.456 e. The van der Waals surface area contributed by atoms with Gasteiger partial charge in [-0.3, -0.25) is 14.4 Å². The molecule has 0 aromatic carbocycles. The lowest BCUT2D eigenvalue weighted by molar-refractivity contribution is -0.302. The molecule has 4 rings (SSSR count). The molecule has 3 fully saturated rings. The molecule has 2 bridgehead atoms. The third kappa shape index (κ3) is 10.7. The Labute approximate surface area is 333 Å². The van der Waals surface area contributed by atoms with Crippen molar-refractivity contribution in [2.45, 2.75) is 167 Å². The number of ether oxygens (including phenoxy) is 5. The van der Waals surface area contributed by atoms with E-state index in [1.807, 2.05) is 32.9 Å². The number of allylic oxidation sites excluding steroid dienone is 3. The average molecular weight is 792 g/mol. The highest BCUT2D eigenvalue weighted by molar-refractivity contribution is 6.39. The number of rotatable bonds is 6. The van der Waals surface area contributed by atoms with Gasteiger partial charge in [0.1, 0.15) is 24.0 Å². The summed E-state index contributed by atoms with van der Waals surface area (Å²) in [6.07, 6.45) is 3.72. The number of carbonyl (C=O) groups is 4. The van der Waals surface area contributed by atoms with Gasteiger partial charge in [-0.05, 0) is 95.5 Å². The van der Waals surface area contributed by atoms with Crippen LogP contribution in [0.3, 0.4) is 0 Å². The Hall–Kier alpha value is -2.52. The molecule has 14 atom stereocenters. The summed E-state index contributed by atoms with van der Waals surface area (Å²) in [5.74, 6) is -7.50. The third-order valence-electron chi connectivity index (χ3n) is 12.9. The van der Waals surface area contributed by atoms with Crippen LogP contribution < -0.4 is 0 Å². The van der Waals surface area contributed by atoms with Crippen LogP contribution in [0.1, 0.15) is 112 Å². The van der Waals surface area contributed by atoms with Gasteiger partial charge in [0.2, 0.25) is 5.79 Å². The number of hydrogen-bond donors (Lipinski definition) is 3. The minimum absolute atomic E-state index is 0.000914. The minimum Gasteiger partial charge on any atom is -0.456 e. The second kappa shape index (κ2) is 20.4. The fourth-order valence-electron chi connectivity index (χ4n) is 9.39. The van der Waals surface area contributed by atoms with Crippen LogP contribution in [0.5, 0.6) is 0 Å². The molecule has 1 saturated carbocycles. The second-order valence-electron chi connectivity index (χ2n) is 17.2. The van der Waals surface area contributed by atoms with Gasteiger partial charge in [0.15, 0.2) is 0 Å². The molecule has 4 aliphatic rings. The highest BCUT2D eigenvalue weighted by atomic mass is 16.7. The maximum atomic E-state index is 14.3. The van der Waals surface area contributed by atoms with Crippen LogP contribution in [-0.4, -0.2) is 126 Å². The lowest BCUT2D eigenvalue weighted by atomic mass is 9.81. The predicted molar refractivity (Wildman–Crippen MR) is 208 cm³/mol. The van der Waals surface area contributed by atoms with E-state index in [9.17, 15) is 34.5 Å². The van der Waals surface area contributed by atoms with E-state index in [4.69, 9.17) is 23.7 Å². The summed E-state index contributed by atoms with van der Waals surface area (Å²) in [7, 11) is 4.63. The Balaban J connectivity index is 1.76. The number of amides is 1. The number of carbonyl (C=O) groups excluding carboxylic acids is 4. The van der Waals surface area contributed by atoms with Crippen LogP contribution >= 0.6 is 0 Å². The zero-order valence-electron chi connectivity index (χ0n) is 35.1. The van der Waals surface area contributed by atoms with E-state index in [-0.39, 0.29) is 49.5 Å². The molecule has 3 aliphatic heterocycles. The fourth-order valence-corrected chi connectivity index (χ4v) is 9.39. The molecule has 0 radical (unpaired) electrons. The zero-order chi connectivity index (χ0) is 41.5. The topological polar surface area (TPSA) is 178 Å². The van der Waals surface area contributed by atoms with Crippen molar-refractivity contribution < 1.29 is 58.2 Å². The van der Waals surface area contributed by atoms with Crippen LogP contribution in [0.15, 0.2) is 23.3 Å². The van der Waals surface area contributed by atoms with Gasteiger partial charge in [0, 0.05) is 52.0 Å². The van der Waals surface area contributed by atoms with E-state index >= 15 is 0 Å². The lowest BCUT2D eigenvalue weighted by Gasteiger charge is -2.47. The molecular formula is C43H69NO12. The molecule has 0 aromatic rings. The first-order chi connectivity index (χ1) is 26.5. The Bertz CT molecular complexity index is 1430. The van der Waals surface area contributed by atoms with E-state index < -0.39 is 83.9 Å². The first-order valence-corrected chi connectivity index (χ1v) is 20.8. The van der Waals surface area contributed by atoms with Crippen molar-refractivity contribution in [2.75, 3.05) is 27.9 Å². The summed E-state index contributed by atoms with van der Waals surface area (Å²) in [4.78, 5) is 57.6. The SMILES string of the molecule is CC[C@H]1C=C(C)C[C@H](C)C[C@@H](OC)[C@H]2O[C@@](O)(C(=O)C(=O)N3CCCC[C@H]3C(=O)O[C@H](/C(C)=C/[C@H]3CC[C@H](O)[C@@H](OC)C3)[C@H](C)[C@@H](O)CC1=O)[C@H](C)C[C@H]2OC. The average Bonchev–Trinajstić information content (AvgIpc) is 3.18. The van der Waals surface area contributed by atoms with Gasteiger partial charge in [-0.2, -0.15) is 0 Å². The van der Waals surface area contributed by atoms with Gasteiger partial charge in [0.05, 0.1) is 30.5 Å². The smallest absolute Gasteiger partial charge is 0.329 e. The van der Waals surface area contributed by atoms with Crippen molar-refractivity contribution in [3.05, 3.63) is 23.3 Å². The van der Waals surface area contributed by atoms with Crippen LogP contribution in [0.2, 0.25) is 0 Å². The summed E-state index contributed by atoms with van der Waals surface area (Å²) in [5.41, 5.74) is 1.66. The molecule has 0 aromatic heterocycles. The molecule has 1 amide bonds. The molecule has 0 spiro atoms. The molecule has 1 aliphatic carbocycles. The van der Waals surface area contributed by atoms with Gasteiger partial charge in [-0.1, -0.05) is 45.4 Å². The monoisotopic (exact) mass is 791 g/mol. The van der Waals surface area contributed by atoms with Crippen molar-refractivity contribution in [3.8, 4) is 0 Å². The number of methoxy groups -OCH3 is 3. The molecule has 3 heterocycles. The highest BCUT2D eigenvalue weighted by Crippen LogP contribution is 2.39. The summed E-state index contributed by atoms with van der Waals surface area (Å²) in [6.45, 7) is 11.3. The van der Waals surface area contributed by atoms with Gasteiger partial charge in [0.25, 0.3) is 11.7 Å². The van der Waals surface area contributed by atoms with E-state index in [1.165, 1.54) is 19.1 Å². The number of nitrogens with zero attached hydrogens (tertiary/aromatic N) is 1. The van der Waals surface area contributed by atoms with Crippen LogP contribution in [-0.2, 0) is 42.9 Å². The number of cyclic esters (lactones) is 1. The van der Waals surface area contributed by atoms with Crippen molar-refractivity contribution in [1.82, 2.24) is 4.90 Å². The van der Waals surface area contributed by atoms with E-state index in [0.717, 1.165) is 5.57 Å². The summed E-state index contributed by atoms with van der Waals surface area (Å²) >= 11 is 0. The Morgan fingerprint density at radius 1 is 0.911 bits per heavy atom. The highest BCUT2D eigenvalue weighted by Gasteiger charge is 2.56. The maximum absolute atomic E-state index is 14.3. The van der Waals surface area contributed by atoms with E-state index in [1.54, 1.807) is 21.0 Å². The number of hydrogen-bond acceptors (Lipinski definition) is 12. The van der Waals surface area contributed by atoms with E-state index in [2.05, 4.69) is 6.92 Å². The number of aliphatic hydroxyl groups is 3. The summed E-state index contributed by atoms with van der Waals surface area (Å²) < 4.78 is 29.7. The third-order valence-corrected chi connectivity index (χ3v) is 12.9. The standard InChI is InChI=1S/C43H69NO12/c1-10-30-18-24(2)17-25(3)19-36(53-8)39-37(54-9)21-27(5)43(51,56-39)40(48)41(49)44-16-12-11-13-31(44)42(50)55-38(28(6)33(46)23-34(30)47)26(4)20-29-14-15-32(45)35(22-29)52-7/h18,20,25,27-33,35-39,45-46,51H,10-17,19,21-23H2,1-9H3/b24-18?,26-20+/t25-,27+,28+,29+,30-,31-,32-,33-,35-,36+,37+,38+,39+,43+/m0/s1.